The van der Waals surface area contributed by atoms with Crippen molar-refractivity contribution in [3.8, 4) is 0 Å². The number of aryl methyl sites for hydroxylation is 4. The van der Waals surface area contributed by atoms with Crippen molar-refractivity contribution in [2.75, 3.05) is 0 Å². The molecule has 0 radical (unpaired) electrons. The highest BCUT2D eigenvalue weighted by molar-refractivity contribution is 5.51. The Balaban J connectivity index is 2.60. The summed E-state index contributed by atoms with van der Waals surface area (Å²) in [5.41, 5.74) is 13.4. The van der Waals surface area contributed by atoms with Crippen molar-refractivity contribution in [3.63, 3.8) is 0 Å². The van der Waals surface area contributed by atoms with Gasteiger partial charge in [-0.2, -0.15) is 0 Å². The van der Waals surface area contributed by atoms with Gasteiger partial charge in [-0.15, -0.1) is 0 Å². The van der Waals surface area contributed by atoms with Gasteiger partial charge in [0.25, 0.3) is 5.69 Å². The van der Waals surface area contributed by atoms with E-state index in [2.05, 4.69) is 19.1 Å². The Morgan fingerprint density at radius 2 is 1.50 bits per heavy atom. The van der Waals surface area contributed by atoms with Crippen LogP contribution in [-0.4, -0.2) is 4.92 Å². The van der Waals surface area contributed by atoms with E-state index in [4.69, 9.17) is 5.73 Å². The van der Waals surface area contributed by atoms with Crippen LogP contribution in [0.2, 0.25) is 0 Å². The van der Waals surface area contributed by atoms with E-state index >= 15 is 0 Å². The van der Waals surface area contributed by atoms with E-state index in [0.29, 0.717) is 5.56 Å². The summed E-state index contributed by atoms with van der Waals surface area (Å²) in [6.45, 7) is 9.77. The Labute approximate surface area is 131 Å². The number of nitro groups is 1. The van der Waals surface area contributed by atoms with Crippen LogP contribution in [0.4, 0.5) is 5.69 Å². The lowest BCUT2D eigenvalue weighted by Gasteiger charge is -2.20. The number of nitrogens with two attached hydrogens (primary N) is 1. The van der Waals surface area contributed by atoms with Crippen molar-refractivity contribution in [1.29, 1.82) is 0 Å². The third-order valence-electron chi connectivity index (χ3n) is 4.27. The van der Waals surface area contributed by atoms with Gasteiger partial charge in [-0.25, -0.2) is 0 Å². The second-order valence-corrected chi connectivity index (χ2v) is 6.03. The number of hydrogen-bond acceptors (Lipinski definition) is 3. The summed E-state index contributed by atoms with van der Waals surface area (Å²) in [7, 11) is 0. The van der Waals surface area contributed by atoms with E-state index in [1.165, 1.54) is 5.56 Å². The zero-order valence-electron chi connectivity index (χ0n) is 13.7. The SMILES string of the molecule is Cc1cc(C)c(C(N)c2cc(C)c(C)c([N+](=O)[O-])c2)c(C)c1. The summed E-state index contributed by atoms with van der Waals surface area (Å²) in [5, 5.41) is 11.2. The number of benzene rings is 2. The lowest BCUT2D eigenvalue weighted by Crippen LogP contribution is -2.16. The minimum atomic E-state index is -0.362. The highest BCUT2D eigenvalue weighted by atomic mass is 16.6. The van der Waals surface area contributed by atoms with Crippen molar-refractivity contribution in [2.24, 2.45) is 5.73 Å². The molecule has 0 fully saturated rings. The normalized spacial score (nSPS) is 12.3. The number of nitro benzene ring substituents is 1. The molecule has 0 bridgehead atoms. The van der Waals surface area contributed by atoms with E-state index < -0.39 is 0 Å². The Morgan fingerprint density at radius 3 is 2.00 bits per heavy atom. The Morgan fingerprint density at radius 1 is 0.955 bits per heavy atom. The fourth-order valence-electron chi connectivity index (χ4n) is 3.09. The number of hydrogen-bond donors (Lipinski definition) is 1. The molecule has 2 aromatic rings. The molecule has 0 aromatic heterocycles. The van der Waals surface area contributed by atoms with Crippen LogP contribution in [-0.2, 0) is 0 Å². The average Bonchev–Trinajstić information content (AvgIpc) is 2.39. The fraction of sp³-hybridized carbons (Fsp3) is 0.333. The standard InChI is InChI=1S/C18H22N2O2/c1-10-6-12(3)17(13(4)7-10)18(19)15-8-11(2)14(5)16(9-15)20(21)22/h6-9,18H,19H2,1-5H3. The van der Waals surface area contributed by atoms with Crippen LogP contribution in [0.25, 0.3) is 0 Å². The van der Waals surface area contributed by atoms with Crippen molar-refractivity contribution < 1.29 is 4.92 Å². The van der Waals surface area contributed by atoms with Gasteiger partial charge < -0.3 is 5.73 Å². The van der Waals surface area contributed by atoms with Crippen LogP contribution in [0, 0.1) is 44.7 Å². The first-order valence-electron chi connectivity index (χ1n) is 7.31. The van der Waals surface area contributed by atoms with E-state index in [1.54, 1.807) is 13.0 Å². The molecule has 0 aliphatic carbocycles. The van der Waals surface area contributed by atoms with Gasteiger partial charge in [0.15, 0.2) is 0 Å². The van der Waals surface area contributed by atoms with Crippen LogP contribution in [0.3, 0.4) is 0 Å². The van der Waals surface area contributed by atoms with E-state index in [1.807, 2.05) is 26.8 Å². The maximum absolute atomic E-state index is 11.2. The first-order chi connectivity index (χ1) is 10.2. The van der Waals surface area contributed by atoms with Crippen molar-refractivity contribution >= 4 is 5.69 Å². The van der Waals surface area contributed by atoms with E-state index in [9.17, 15) is 10.1 Å². The van der Waals surface area contributed by atoms with Crippen molar-refractivity contribution in [3.05, 3.63) is 73.3 Å². The lowest BCUT2D eigenvalue weighted by atomic mass is 9.89. The first-order valence-corrected chi connectivity index (χ1v) is 7.31. The van der Waals surface area contributed by atoms with E-state index in [-0.39, 0.29) is 16.7 Å². The molecule has 4 heteroatoms. The summed E-state index contributed by atoms with van der Waals surface area (Å²) in [6.07, 6.45) is 0. The number of rotatable bonds is 3. The van der Waals surface area contributed by atoms with Crippen LogP contribution in [0.1, 0.15) is 45.0 Å². The molecule has 2 N–H and O–H groups in total. The quantitative estimate of drug-likeness (QED) is 0.682. The zero-order chi connectivity index (χ0) is 16.6. The monoisotopic (exact) mass is 298 g/mol. The summed E-state index contributed by atoms with van der Waals surface area (Å²) in [5.74, 6) is 0. The molecule has 1 atom stereocenters. The summed E-state index contributed by atoms with van der Waals surface area (Å²) in [6, 6.07) is 7.38. The maximum Gasteiger partial charge on any atom is 0.272 e. The molecule has 0 spiro atoms. The molecule has 1 unspecified atom stereocenters. The molecular weight excluding hydrogens is 276 g/mol. The summed E-state index contributed by atoms with van der Waals surface area (Å²) >= 11 is 0. The van der Waals surface area contributed by atoms with Crippen LogP contribution >= 0.6 is 0 Å². The van der Waals surface area contributed by atoms with Gasteiger partial charge >= 0.3 is 0 Å². The predicted octanol–water partition coefficient (Wildman–Crippen LogP) is 4.19. The second-order valence-electron chi connectivity index (χ2n) is 6.03. The molecule has 0 heterocycles. The van der Waals surface area contributed by atoms with Gasteiger partial charge in [-0.05, 0) is 62.4 Å². The smallest absolute Gasteiger partial charge is 0.272 e. The highest BCUT2D eigenvalue weighted by Gasteiger charge is 2.20. The molecule has 2 rings (SSSR count). The molecule has 0 saturated carbocycles. The Hall–Kier alpha value is -2.20. The molecule has 0 saturated heterocycles. The summed E-state index contributed by atoms with van der Waals surface area (Å²) < 4.78 is 0. The minimum absolute atomic E-state index is 0.132. The fourth-order valence-corrected chi connectivity index (χ4v) is 3.09. The Bertz CT molecular complexity index is 728. The van der Waals surface area contributed by atoms with Gasteiger partial charge in [0.1, 0.15) is 0 Å². The van der Waals surface area contributed by atoms with Gasteiger partial charge in [0.2, 0.25) is 0 Å². The van der Waals surface area contributed by atoms with Crippen LogP contribution in [0.15, 0.2) is 24.3 Å². The molecule has 2 aromatic carbocycles. The highest BCUT2D eigenvalue weighted by Crippen LogP contribution is 2.31. The van der Waals surface area contributed by atoms with Crippen LogP contribution < -0.4 is 5.73 Å². The third-order valence-corrected chi connectivity index (χ3v) is 4.27. The molecule has 116 valence electrons. The first kappa shape index (κ1) is 16.2. The largest absolute Gasteiger partial charge is 0.320 e. The van der Waals surface area contributed by atoms with Gasteiger partial charge in [-0.1, -0.05) is 23.8 Å². The second kappa shape index (κ2) is 5.89. The average molecular weight is 298 g/mol. The van der Waals surface area contributed by atoms with Crippen LogP contribution in [0.5, 0.6) is 0 Å². The number of nitrogens with zero attached hydrogens (tertiary/aromatic N) is 1. The summed E-state index contributed by atoms with van der Waals surface area (Å²) in [4.78, 5) is 10.9. The van der Waals surface area contributed by atoms with Gasteiger partial charge in [0, 0.05) is 11.6 Å². The molecule has 0 aliphatic heterocycles. The minimum Gasteiger partial charge on any atom is -0.320 e. The maximum atomic E-state index is 11.2. The topological polar surface area (TPSA) is 69.2 Å². The van der Waals surface area contributed by atoms with Crippen molar-refractivity contribution in [1.82, 2.24) is 0 Å². The van der Waals surface area contributed by atoms with E-state index in [0.717, 1.165) is 27.8 Å². The molecular formula is C18H22N2O2. The Kier molecular flexibility index (Phi) is 4.33. The third kappa shape index (κ3) is 2.88. The van der Waals surface area contributed by atoms with Gasteiger partial charge in [0.05, 0.1) is 11.0 Å². The lowest BCUT2D eigenvalue weighted by molar-refractivity contribution is -0.385. The molecule has 22 heavy (non-hydrogen) atoms. The van der Waals surface area contributed by atoms with Crippen molar-refractivity contribution in [2.45, 2.75) is 40.7 Å². The predicted molar refractivity (Wildman–Crippen MR) is 89.3 cm³/mol. The van der Waals surface area contributed by atoms with Gasteiger partial charge in [-0.3, -0.25) is 10.1 Å². The molecule has 0 amide bonds. The molecule has 0 aliphatic rings. The zero-order valence-corrected chi connectivity index (χ0v) is 13.7. The molecule has 4 nitrogen and oxygen atoms in total.